The number of hydrogen-bond donors (Lipinski definition) is 2. The normalized spacial score (nSPS) is 18.9. The summed E-state index contributed by atoms with van der Waals surface area (Å²) in [6.45, 7) is 3.61. The molecule has 0 heterocycles. The summed E-state index contributed by atoms with van der Waals surface area (Å²) in [6.07, 6.45) is 8.30. The predicted molar refractivity (Wildman–Crippen MR) is 75.4 cm³/mol. The van der Waals surface area contributed by atoms with Crippen molar-refractivity contribution >= 4 is 17.7 Å². The van der Waals surface area contributed by atoms with Gasteiger partial charge in [-0.25, -0.2) is 0 Å². The van der Waals surface area contributed by atoms with Gasteiger partial charge in [-0.15, -0.1) is 0 Å². The number of hydrogen-bond acceptors (Lipinski definition) is 3. The second kappa shape index (κ2) is 8.81. The molecule has 1 fully saturated rings. The van der Waals surface area contributed by atoms with Crippen LogP contribution in [0.25, 0.3) is 0 Å². The second-order valence-corrected chi connectivity index (χ2v) is 6.00. The first-order valence-electron chi connectivity index (χ1n) is 6.71. The van der Waals surface area contributed by atoms with Crippen LogP contribution >= 0.6 is 11.8 Å². The Morgan fingerprint density at radius 1 is 1.35 bits per heavy atom. The lowest BCUT2D eigenvalue weighted by Gasteiger charge is -2.23. The van der Waals surface area contributed by atoms with Crippen LogP contribution in [0.2, 0.25) is 0 Å². The van der Waals surface area contributed by atoms with Gasteiger partial charge in [0.05, 0.1) is 6.54 Å². The van der Waals surface area contributed by atoms with E-state index in [1.807, 2.05) is 11.8 Å². The van der Waals surface area contributed by atoms with Crippen molar-refractivity contribution in [2.24, 2.45) is 5.92 Å². The third kappa shape index (κ3) is 6.94. The highest BCUT2D eigenvalue weighted by Gasteiger charge is 2.15. The third-order valence-corrected chi connectivity index (χ3v) is 4.10. The lowest BCUT2D eigenvalue weighted by atomic mass is 9.95. The molecule has 1 aliphatic carbocycles. The van der Waals surface area contributed by atoms with E-state index in [0.29, 0.717) is 18.5 Å². The van der Waals surface area contributed by atoms with E-state index in [1.54, 1.807) is 0 Å². The molecule has 1 unspecified atom stereocenters. The van der Waals surface area contributed by atoms with Gasteiger partial charge in [0, 0.05) is 6.04 Å². The molecule has 1 amide bonds. The molecule has 2 N–H and O–H groups in total. The first-order valence-corrected chi connectivity index (χ1v) is 8.10. The minimum absolute atomic E-state index is 0.160. The van der Waals surface area contributed by atoms with Gasteiger partial charge in [0.15, 0.2) is 0 Å². The molecule has 0 aromatic carbocycles. The van der Waals surface area contributed by atoms with Crippen molar-refractivity contribution in [2.75, 3.05) is 25.1 Å². The predicted octanol–water partition coefficient (Wildman–Crippen LogP) is 2.02. The van der Waals surface area contributed by atoms with Crippen LogP contribution in [0.3, 0.4) is 0 Å². The molecular weight excluding hydrogens is 232 g/mol. The van der Waals surface area contributed by atoms with Crippen LogP contribution in [0.1, 0.15) is 39.0 Å². The molecular formula is C13H26N2OS. The highest BCUT2D eigenvalue weighted by atomic mass is 32.2. The van der Waals surface area contributed by atoms with Crippen LogP contribution in [0.4, 0.5) is 0 Å². The van der Waals surface area contributed by atoms with Gasteiger partial charge in [0.1, 0.15) is 0 Å². The van der Waals surface area contributed by atoms with E-state index in [1.165, 1.54) is 19.3 Å². The molecule has 0 aliphatic heterocycles. The summed E-state index contributed by atoms with van der Waals surface area (Å²) in [5.41, 5.74) is 0. The van der Waals surface area contributed by atoms with Gasteiger partial charge in [-0.1, -0.05) is 26.2 Å². The summed E-state index contributed by atoms with van der Waals surface area (Å²) in [6, 6.07) is 0.432. The number of amides is 1. The van der Waals surface area contributed by atoms with Crippen molar-refractivity contribution in [1.82, 2.24) is 10.6 Å². The van der Waals surface area contributed by atoms with Crippen LogP contribution in [0, 0.1) is 5.92 Å². The standard InChI is InChI=1S/C13H26N2OS/c1-11(10-17-2)8-14-9-13(16)15-12-6-4-3-5-7-12/h11-12,14H,3-10H2,1-2H3,(H,15,16). The molecule has 1 atom stereocenters. The molecule has 1 aliphatic rings. The second-order valence-electron chi connectivity index (χ2n) is 5.09. The van der Waals surface area contributed by atoms with E-state index in [9.17, 15) is 4.79 Å². The Morgan fingerprint density at radius 3 is 2.71 bits per heavy atom. The topological polar surface area (TPSA) is 41.1 Å². The molecule has 0 bridgehead atoms. The minimum atomic E-state index is 0.160. The maximum atomic E-state index is 11.7. The van der Waals surface area contributed by atoms with Crippen LogP contribution < -0.4 is 10.6 Å². The Bertz CT molecular complexity index is 217. The van der Waals surface area contributed by atoms with Crippen LogP contribution in [-0.2, 0) is 4.79 Å². The molecule has 4 heteroatoms. The van der Waals surface area contributed by atoms with Crippen molar-refractivity contribution in [3.63, 3.8) is 0 Å². The average Bonchev–Trinajstić information content (AvgIpc) is 2.30. The minimum Gasteiger partial charge on any atom is -0.352 e. The molecule has 1 rings (SSSR count). The lowest BCUT2D eigenvalue weighted by Crippen LogP contribution is -2.42. The molecule has 0 spiro atoms. The zero-order chi connectivity index (χ0) is 12.5. The van der Waals surface area contributed by atoms with Crippen molar-refractivity contribution < 1.29 is 4.79 Å². The zero-order valence-electron chi connectivity index (χ0n) is 11.1. The fourth-order valence-electron chi connectivity index (χ4n) is 2.30. The van der Waals surface area contributed by atoms with Crippen LogP contribution in [0.5, 0.6) is 0 Å². The molecule has 100 valence electrons. The van der Waals surface area contributed by atoms with E-state index >= 15 is 0 Å². The Balaban J connectivity index is 2.04. The highest BCUT2D eigenvalue weighted by molar-refractivity contribution is 7.98. The smallest absolute Gasteiger partial charge is 0.234 e. The van der Waals surface area contributed by atoms with Gasteiger partial charge in [0.2, 0.25) is 5.91 Å². The number of carbonyl (C=O) groups is 1. The summed E-state index contributed by atoms with van der Waals surface area (Å²) in [5.74, 6) is 1.94. The molecule has 0 aromatic rings. The van der Waals surface area contributed by atoms with Gasteiger partial charge in [-0.3, -0.25) is 4.79 Å². The van der Waals surface area contributed by atoms with Crippen LogP contribution in [0.15, 0.2) is 0 Å². The van der Waals surface area contributed by atoms with Crippen molar-refractivity contribution in [3.8, 4) is 0 Å². The zero-order valence-corrected chi connectivity index (χ0v) is 11.9. The SMILES string of the molecule is CSCC(C)CNCC(=O)NC1CCCCC1. The number of nitrogens with one attached hydrogen (secondary N) is 2. The summed E-state index contributed by atoms with van der Waals surface area (Å²) in [4.78, 5) is 11.7. The summed E-state index contributed by atoms with van der Waals surface area (Å²) in [5, 5.41) is 6.35. The number of carbonyl (C=O) groups excluding carboxylic acids is 1. The summed E-state index contributed by atoms with van der Waals surface area (Å²) in [7, 11) is 0. The van der Waals surface area contributed by atoms with Gasteiger partial charge in [-0.05, 0) is 37.3 Å². The molecule has 3 nitrogen and oxygen atoms in total. The largest absolute Gasteiger partial charge is 0.352 e. The Hall–Kier alpha value is -0.220. The van der Waals surface area contributed by atoms with E-state index in [-0.39, 0.29) is 5.91 Å². The van der Waals surface area contributed by atoms with Crippen molar-refractivity contribution in [3.05, 3.63) is 0 Å². The van der Waals surface area contributed by atoms with E-state index < -0.39 is 0 Å². The van der Waals surface area contributed by atoms with E-state index in [2.05, 4.69) is 23.8 Å². The van der Waals surface area contributed by atoms with Crippen LogP contribution in [-0.4, -0.2) is 37.0 Å². The summed E-state index contributed by atoms with van der Waals surface area (Å²) >= 11 is 1.86. The maximum Gasteiger partial charge on any atom is 0.234 e. The van der Waals surface area contributed by atoms with Crippen molar-refractivity contribution in [2.45, 2.75) is 45.1 Å². The molecule has 1 saturated carbocycles. The van der Waals surface area contributed by atoms with E-state index in [0.717, 1.165) is 25.1 Å². The van der Waals surface area contributed by atoms with Gasteiger partial charge in [0.25, 0.3) is 0 Å². The summed E-state index contributed by atoms with van der Waals surface area (Å²) < 4.78 is 0. The third-order valence-electron chi connectivity index (χ3n) is 3.20. The molecule has 17 heavy (non-hydrogen) atoms. The molecule has 0 radical (unpaired) electrons. The Kier molecular flexibility index (Phi) is 7.69. The maximum absolute atomic E-state index is 11.7. The Labute approximate surface area is 109 Å². The van der Waals surface area contributed by atoms with Gasteiger partial charge >= 0.3 is 0 Å². The van der Waals surface area contributed by atoms with E-state index in [4.69, 9.17) is 0 Å². The fourth-order valence-corrected chi connectivity index (χ4v) is 2.99. The quantitative estimate of drug-likeness (QED) is 0.734. The average molecular weight is 258 g/mol. The van der Waals surface area contributed by atoms with Gasteiger partial charge < -0.3 is 10.6 Å². The molecule has 0 aromatic heterocycles. The first kappa shape index (κ1) is 14.8. The lowest BCUT2D eigenvalue weighted by molar-refractivity contribution is -0.121. The fraction of sp³-hybridized carbons (Fsp3) is 0.923. The molecule has 0 saturated heterocycles. The van der Waals surface area contributed by atoms with Gasteiger partial charge in [-0.2, -0.15) is 11.8 Å². The highest BCUT2D eigenvalue weighted by Crippen LogP contribution is 2.17. The number of thioether (sulfide) groups is 1. The monoisotopic (exact) mass is 258 g/mol. The first-order chi connectivity index (χ1) is 8.22. The Morgan fingerprint density at radius 2 is 2.06 bits per heavy atom. The number of rotatable bonds is 7. The van der Waals surface area contributed by atoms with Crippen molar-refractivity contribution in [1.29, 1.82) is 0 Å².